The SMILES string of the molecule is COC(=O)CCc1cccc(C(Nc2ccc(C#N)cc2)C(=O)N(C)Cc2cc(N)cc(F)c2OC(F)F)c1. The van der Waals surface area contributed by atoms with E-state index in [4.69, 9.17) is 15.7 Å². The Bertz CT molecular complexity index is 1360. The highest BCUT2D eigenvalue weighted by Crippen LogP contribution is 2.30. The molecule has 39 heavy (non-hydrogen) atoms. The van der Waals surface area contributed by atoms with Gasteiger partial charge in [0.05, 0.1) is 18.7 Å². The molecule has 1 atom stereocenters. The number of hydrogen-bond acceptors (Lipinski definition) is 7. The van der Waals surface area contributed by atoms with Crippen LogP contribution < -0.4 is 15.8 Å². The number of nitrogens with one attached hydrogen (secondary N) is 1. The van der Waals surface area contributed by atoms with Gasteiger partial charge in [0.25, 0.3) is 0 Å². The van der Waals surface area contributed by atoms with Crippen LogP contribution >= 0.6 is 0 Å². The Hall–Kier alpha value is -4.72. The second kappa shape index (κ2) is 13.2. The lowest BCUT2D eigenvalue weighted by molar-refractivity contribution is -0.140. The lowest BCUT2D eigenvalue weighted by Gasteiger charge is -2.27. The maximum Gasteiger partial charge on any atom is 0.387 e. The molecule has 0 aliphatic carbocycles. The van der Waals surface area contributed by atoms with Crippen LogP contribution in [0.5, 0.6) is 5.75 Å². The van der Waals surface area contributed by atoms with Crippen molar-refractivity contribution in [2.75, 3.05) is 25.2 Å². The zero-order chi connectivity index (χ0) is 28.5. The number of likely N-dealkylation sites (N-methyl/N-ethyl adjacent to an activating group) is 1. The summed E-state index contributed by atoms with van der Waals surface area (Å²) in [5, 5.41) is 12.2. The largest absolute Gasteiger partial charge is 0.469 e. The monoisotopic (exact) mass is 540 g/mol. The van der Waals surface area contributed by atoms with Crippen molar-refractivity contribution in [3.8, 4) is 11.8 Å². The molecule has 1 amide bonds. The van der Waals surface area contributed by atoms with Crippen molar-refractivity contribution in [1.82, 2.24) is 4.90 Å². The summed E-state index contributed by atoms with van der Waals surface area (Å²) in [6.45, 7) is -3.56. The second-order valence-corrected chi connectivity index (χ2v) is 8.65. The summed E-state index contributed by atoms with van der Waals surface area (Å²) in [4.78, 5) is 26.6. The Labute approximate surface area is 223 Å². The number of halogens is 3. The van der Waals surface area contributed by atoms with E-state index in [1.807, 2.05) is 12.1 Å². The van der Waals surface area contributed by atoms with Crippen LogP contribution in [0, 0.1) is 17.1 Å². The quantitative estimate of drug-likeness (QED) is 0.265. The summed E-state index contributed by atoms with van der Waals surface area (Å²) >= 11 is 0. The summed E-state index contributed by atoms with van der Waals surface area (Å²) in [5.41, 5.74) is 7.97. The van der Waals surface area contributed by atoms with Gasteiger partial charge < -0.3 is 25.4 Å². The lowest BCUT2D eigenvalue weighted by atomic mass is 9.99. The van der Waals surface area contributed by atoms with E-state index in [1.54, 1.807) is 42.5 Å². The number of hydrogen-bond donors (Lipinski definition) is 2. The zero-order valence-corrected chi connectivity index (χ0v) is 21.3. The van der Waals surface area contributed by atoms with Crippen molar-refractivity contribution < 1.29 is 32.2 Å². The van der Waals surface area contributed by atoms with Crippen LogP contribution in [0.15, 0.2) is 60.7 Å². The first kappa shape index (κ1) is 28.8. The molecule has 3 aromatic rings. The van der Waals surface area contributed by atoms with Crippen LogP contribution in [0.3, 0.4) is 0 Å². The van der Waals surface area contributed by atoms with Gasteiger partial charge in [0.15, 0.2) is 11.6 Å². The topological polar surface area (TPSA) is 118 Å². The number of nitrogens with zero attached hydrogens (tertiary/aromatic N) is 2. The first-order chi connectivity index (χ1) is 18.6. The van der Waals surface area contributed by atoms with Crippen molar-refractivity contribution in [3.05, 3.63) is 88.7 Å². The number of rotatable bonds is 11. The Balaban J connectivity index is 1.94. The molecule has 11 heteroatoms. The van der Waals surface area contributed by atoms with Gasteiger partial charge in [0.1, 0.15) is 6.04 Å². The molecule has 3 aromatic carbocycles. The van der Waals surface area contributed by atoms with Crippen LogP contribution in [0.1, 0.15) is 34.7 Å². The molecule has 1 unspecified atom stereocenters. The molecule has 8 nitrogen and oxygen atoms in total. The number of carbonyl (C=O) groups is 2. The van der Waals surface area contributed by atoms with Crippen molar-refractivity contribution in [2.24, 2.45) is 0 Å². The van der Waals surface area contributed by atoms with Gasteiger partial charge in [0.2, 0.25) is 5.91 Å². The van der Waals surface area contributed by atoms with Gasteiger partial charge in [-0.2, -0.15) is 14.0 Å². The smallest absolute Gasteiger partial charge is 0.387 e. The van der Waals surface area contributed by atoms with Crippen LogP contribution in [-0.4, -0.2) is 37.5 Å². The number of carbonyl (C=O) groups excluding carboxylic acids is 2. The second-order valence-electron chi connectivity index (χ2n) is 8.65. The van der Waals surface area contributed by atoms with Gasteiger partial charge in [-0.3, -0.25) is 9.59 Å². The van der Waals surface area contributed by atoms with E-state index in [9.17, 15) is 22.8 Å². The van der Waals surface area contributed by atoms with Gasteiger partial charge in [0, 0.05) is 43.0 Å². The number of aryl methyl sites for hydroxylation is 1. The standard InChI is InChI=1S/C28H27F3N4O4/c1-35(16-20-13-21(33)14-23(29)26(20)39-28(30)31)27(37)25(34-22-9-6-18(15-32)7-10-22)19-5-3-4-17(12-19)8-11-24(36)38-2/h3-7,9-10,12-14,25,28,34H,8,11,16,33H2,1-2H3. The fourth-order valence-electron chi connectivity index (χ4n) is 3.94. The average Bonchev–Trinajstić information content (AvgIpc) is 2.92. The molecule has 0 radical (unpaired) electrons. The predicted octanol–water partition coefficient (Wildman–Crippen LogP) is 4.80. The number of amides is 1. The molecule has 0 spiro atoms. The van der Waals surface area contributed by atoms with Gasteiger partial charge in [-0.25, -0.2) is 4.39 Å². The maximum absolute atomic E-state index is 14.4. The molecule has 3 N–H and O–H groups in total. The number of esters is 1. The summed E-state index contributed by atoms with van der Waals surface area (Å²) in [7, 11) is 2.74. The molecule has 0 aromatic heterocycles. The lowest BCUT2D eigenvalue weighted by Crippen LogP contribution is -2.35. The third-order valence-electron chi connectivity index (χ3n) is 5.84. The summed E-state index contributed by atoms with van der Waals surface area (Å²) in [6, 6.07) is 16.7. The van der Waals surface area contributed by atoms with Crippen LogP contribution in [0.4, 0.5) is 24.5 Å². The molecule has 0 saturated carbocycles. The van der Waals surface area contributed by atoms with Gasteiger partial charge in [-0.1, -0.05) is 24.3 Å². The van der Waals surface area contributed by atoms with Crippen molar-refractivity contribution in [1.29, 1.82) is 5.26 Å². The first-order valence-corrected chi connectivity index (χ1v) is 11.8. The Morgan fingerprint density at radius 1 is 1.13 bits per heavy atom. The zero-order valence-electron chi connectivity index (χ0n) is 21.3. The number of anilines is 2. The molecule has 204 valence electrons. The molecule has 0 heterocycles. The molecule has 0 bridgehead atoms. The number of nitrogens with two attached hydrogens (primary N) is 1. The van der Waals surface area contributed by atoms with Gasteiger partial charge in [-0.05, 0) is 47.9 Å². The third-order valence-corrected chi connectivity index (χ3v) is 5.84. The molecule has 0 saturated heterocycles. The van der Waals surface area contributed by atoms with E-state index >= 15 is 0 Å². The highest BCUT2D eigenvalue weighted by molar-refractivity contribution is 5.86. The Morgan fingerprint density at radius 2 is 1.85 bits per heavy atom. The van der Waals surface area contributed by atoms with Gasteiger partial charge >= 0.3 is 12.6 Å². The molecule has 3 rings (SSSR count). The number of methoxy groups -OCH3 is 1. The number of ether oxygens (including phenoxy) is 2. The third kappa shape index (κ3) is 7.88. The highest BCUT2D eigenvalue weighted by Gasteiger charge is 2.26. The number of alkyl halides is 2. The molecular formula is C28H27F3N4O4. The summed E-state index contributed by atoms with van der Waals surface area (Å²) in [5.74, 6) is -2.62. The number of nitriles is 1. The summed E-state index contributed by atoms with van der Waals surface area (Å²) in [6.07, 6.45) is 0.528. The van der Waals surface area contributed by atoms with Crippen molar-refractivity contribution in [3.63, 3.8) is 0 Å². The molecule has 0 aliphatic rings. The molecule has 0 fully saturated rings. The van der Waals surface area contributed by atoms with Crippen LogP contribution in [0.2, 0.25) is 0 Å². The minimum absolute atomic E-state index is 0.0180. The van der Waals surface area contributed by atoms with Crippen LogP contribution in [0.25, 0.3) is 0 Å². The minimum Gasteiger partial charge on any atom is -0.469 e. The highest BCUT2D eigenvalue weighted by atomic mass is 19.3. The average molecular weight is 541 g/mol. The van der Waals surface area contributed by atoms with E-state index in [0.29, 0.717) is 23.2 Å². The maximum atomic E-state index is 14.4. The Kier molecular flexibility index (Phi) is 9.75. The first-order valence-electron chi connectivity index (χ1n) is 11.8. The van der Waals surface area contributed by atoms with E-state index in [1.165, 1.54) is 25.1 Å². The van der Waals surface area contributed by atoms with Gasteiger partial charge in [-0.15, -0.1) is 0 Å². The molecule has 0 aliphatic heterocycles. The van der Waals surface area contributed by atoms with Crippen LogP contribution in [-0.2, 0) is 27.3 Å². The predicted molar refractivity (Wildman–Crippen MR) is 138 cm³/mol. The van der Waals surface area contributed by atoms with E-state index < -0.39 is 30.1 Å². The summed E-state index contributed by atoms with van der Waals surface area (Å²) < 4.78 is 49.3. The fourth-order valence-corrected chi connectivity index (χ4v) is 3.94. The van der Waals surface area contributed by atoms with E-state index in [-0.39, 0.29) is 30.2 Å². The van der Waals surface area contributed by atoms with E-state index in [2.05, 4.69) is 10.1 Å². The minimum atomic E-state index is -3.28. The normalized spacial score (nSPS) is 11.4. The van der Waals surface area contributed by atoms with Crippen molar-refractivity contribution in [2.45, 2.75) is 32.0 Å². The molecular weight excluding hydrogens is 513 g/mol. The number of nitrogen functional groups attached to an aromatic ring is 1. The Morgan fingerprint density at radius 3 is 2.49 bits per heavy atom. The number of benzene rings is 3. The van der Waals surface area contributed by atoms with Crippen molar-refractivity contribution >= 4 is 23.3 Å². The fraction of sp³-hybridized carbons (Fsp3) is 0.250. The van der Waals surface area contributed by atoms with E-state index in [0.717, 1.165) is 11.6 Å².